The topological polar surface area (TPSA) is 189 Å². The average Bonchev–Trinajstić information content (AvgIpc) is 3.00. The molecule has 8 N–H and O–H groups in total. The van der Waals surface area contributed by atoms with Crippen LogP contribution in [0.2, 0.25) is 0 Å². The third-order valence-corrected chi connectivity index (χ3v) is 3.53. The van der Waals surface area contributed by atoms with Crippen molar-refractivity contribution < 1.29 is 20.1 Å². The summed E-state index contributed by atoms with van der Waals surface area (Å²) in [6, 6.07) is 0. The fourth-order valence-corrected chi connectivity index (χ4v) is 2.44. The Labute approximate surface area is 123 Å². The van der Waals surface area contributed by atoms with Crippen molar-refractivity contribution in [3.05, 3.63) is 12.0 Å². The molecule has 3 heterocycles. The van der Waals surface area contributed by atoms with Crippen molar-refractivity contribution in [1.29, 1.82) is 5.41 Å². The number of nitrogen functional groups attached to an aromatic ring is 2. The number of anilines is 1. The van der Waals surface area contributed by atoms with Crippen LogP contribution in [-0.2, 0) is 4.74 Å². The lowest BCUT2D eigenvalue weighted by molar-refractivity contribution is -0.0566. The number of nitrogens with zero attached hydrogens (tertiary/aromatic N) is 4. The van der Waals surface area contributed by atoms with E-state index in [4.69, 9.17) is 26.7 Å². The number of fused-ring (bicyclic) bond motifs is 1. The summed E-state index contributed by atoms with van der Waals surface area (Å²) in [5.41, 5.74) is 11.5. The average molecular weight is 309 g/mol. The molecule has 1 aliphatic rings. The number of aromatic nitrogens is 4. The molecule has 11 heteroatoms. The van der Waals surface area contributed by atoms with Crippen LogP contribution in [0, 0.1) is 5.41 Å². The number of hydrogen-bond donors (Lipinski definition) is 6. The largest absolute Gasteiger partial charge is 0.394 e. The van der Waals surface area contributed by atoms with Gasteiger partial charge in [0.15, 0.2) is 11.9 Å². The van der Waals surface area contributed by atoms with Gasteiger partial charge in [-0.3, -0.25) is 5.41 Å². The zero-order valence-corrected chi connectivity index (χ0v) is 11.3. The van der Waals surface area contributed by atoms with E-state index in [1.54, 1.807) is 0 Å². The lowest BCUT2D eigenvalue weighted by atomic mass is 10.1. The van der Waals surface area contributed by atoms with E-state index in [9.17, 15) is 10.2 Å². The van der Waals surface area contributed by atoms with Crippen molar-refractivity contribution in [1.82, 2.24) is 19.7 Å². The normalized spacial score (nSPS) is 28.3. The highest BCUT2D eigenvalue weighted by Crippen LogP contribution is 2.32. The van der Waals surface area contributed by atoms with E-state index in [1.165, 1.54) is 11.0 Å². The van der Waals surface area contributed by atoms with Crippen LogP contribution in [0.15, 0.2) is 6.33 Å². The highest BCUT2D eigenvalue weighted by Gasteiger charge is 2.44. The van der Waals surface area contributed by atoms with Crippen LogP contribution in [0.5, 0.6) is 0 Å². The highest BCUT2D eigenvalue weighted by atomic mass is 16.6. The van der Waals surface area contributed by atoms with E-state index >= 15 is 0 Å². The van der Waals surface area contributed by atoms with Gasteiger partial charge in [0.2, 0.25) is 0 Å². The molecule has 2 aromatic rings. The fraction of sp³-hybridized carbons (Fsp3) is 0.455. The number of amidine groups is 1. The first kappa shape index (κ1) is 14.6. The molecule has 11 nitrogen and oxygen atoms in total. The molecule has 22 heavy (non-hydrogen) atoms. The SMILES string of the molecule is N=C(N)c1nn(C2O[C@H](CO)[C@@H](O)[C@H]2O)c2ncnc(N)c12. The van der Waals surface area contributed by atoms with Crippen LogP contribution in [0.1, 0.15) is 11.9 Å². The minimum absolute atomic E-state index is 0.0471. The van der Waals surface area contributed by atoms with Crippen molar-refractivity contribution in [2.24, 2.45) is 5.73 Å². The lowest BCUT2D eigenvalue weighted by Gasteiger charge is -2.15. The molecular weight excluding hydrogens is 294 g/mol. The van der Waals surface area contributed by atoms with Gasteiger partial charge in [-0.05, 0) is 0 Å². The van der Waals surface area contributed by atoms with Crippen LogP contribution in [0.3, 0.4) is 0 Å². The molecule has 0 bridgehead atoms. The summed E-state index contributed by atoms with van der Waals surface area (Å²) < 4.78 is 6.57. The molecule has 0 saturated carbocycles. The number of nitrogens with two attached hydrogens (primary N) is 2. The second-order valence-corrected chi connectivity index (χ2v) is 4.89. The molecule has 1 unspecified atom stereocenters. The van der Waals surface area contributed by atoms with Gasteiger partial charge >= 0.3 is 0 Å². The van der Waals surface area contributed by atoms with Crippen molar-refractivity contribution in [2.45, 2.75) is 24.5 Å². The number of hydrogen-bond acceptors (Lipinski definition) is 9. The quantitative estimate of drug-likeness (QED) is 0.259. The van der Waals surface area contributed by atoms with Crippen LogP contribution in [0.4, 0.5) is 5.82 Å². The molecule has 0 aliphatic carbocycles. The van der Waals surface area contributed by atoms with E-state index in [0.717, 1.165) is 0 Å². The molecule has 1 saturated heterocycles. The van der Waals surface area contributed by atoms with E-state index in [1.807, 2.05) is 0 Å². The van der Waals surface area contributed by atoms with Crippen molar-refractivity contribution in [3.8, 4) is 0 Å². The van der Waals surface area contributed by atoms with Gasteiger partial charge in [0.1, 0.15) is 42.0 Å². The zero-order chi connectivity index (χ0) is 16.0. The Balaban J connectivity index is 2.16. The Morgan fingerprint density at radius 3 is 2.68 bits per heavy atom. The predicted octanol–water partition coefficient (Wildman–Crippen LogP) is -2.70. The number of nitrogens with one attached hydrogen (secondary N) is 1. The van der Waals surface area contributed by atoms with Crippen LogP contribution < -0.4 is 11.5 Å². The summed E-state index contributed by atoms with van der Waals surface area (Å²) >= 11 is 0. The van der Waals surface area contributed by atoms with E-state index in [2.05, 4.69) is 15.1 Å². The zero-order valence-electron chi connectivity index (χ0n) is 11.3. The van der Waals surface area contributed by atoms with Gasteiger partial charge < -0.3 is 31.5 Å². The summed E-state index contributed by atoms with van der Waals surface area (Å²) in [6.07, 6.45) is -3.48. The Bertz CT molecular complexity index is 733. The smallest absolute Gasteiger partial charge is 0.181 e. The minimum atomic E-state index is -1.34. The first-order valence-corrected chi connectivity index (χ1v) is 6.41. The van der Waals surface area contributed by atoms with E-state index in [-0.39, 0.29) is 28.4 Å². The van der Waals surface area contributed by atoms with Gasteiger partial charge in [-0.15, -0.1) is 0 Å². The fourth-order valence-electron chi connectivity index (χ4n) is 2.44. The monoisotopic (exact) mass is 309 g/mol. The number of ether oxygens (including phenoxy) is 1. The van der Waals surface area contributed by atoms with Crippen molar-refractivity contribution in [2.75, 3.05) is 12.3 Å². The number of aliphatic hydroxyl groups excluding tert-OH is 3. The van der Waals surface area contributed by atoms with Crippen molar-refractivity contribution in [3.63, 3.8) is 0 Å². The number of rotatable bonds is 3. The summed E-state index contributed by atoms with van der Waals surface area (Å²) in [5.74, 6) is -0.273. The van der Waals surface area contributed by atoms with Crippen LogP contribution in [-0.4, -0.2) is 65.8 Å². The predicted molar refractivity (Wildman–Crippen MR) is 73.8 cm³/mol. The van der Waals surface area contributed by atoms with Gasteiger partial charge in [-0.1, -0.05) is 0 Å². The second kappa shape index (κ2) is 5.14. The maximum Gasteiger partial charge on any atom is 0.181 e. The highest BCUT2D eigenvalue weighted by molar-refractivity contribution is 6.07. The molecule has 1 aliphatic heterocycles. The van der Waals surface area contributed by atoms with Crippen LogP contribution in [0.25, 0.3) is 11.0 Å². The number of aliphatic hydroxyl groups is 3. The molecule has 3 rings (SSSR count). The molecule has 0 amide bonds. The van der Waals surface area contributed by atoms with Gasteiger partial charge in [0.25, 0.3) is 0 Å². The van der Waals surface area contributed by atoms with Gasteiger partial charge in [0.05, 0.1) is 12.0 Å². The molecule has 0 radical (unpaired) electrons. The minimum Gasteiger partial charge on any atom is -0.394 e. The van der Waals surface area contributed by atoms with Crippen molar-refractivity contribution >= 4 is 22.7 Å². The Kier molecular flexibility index (Phi) is 3.41. The molecule has 0 aromatic carbocycles. The van der Waals surface area contributed by atoms with E-state index < -0.39 is 31.1 Å². The third-order valence-electron chi connectivity index (χ3n) is 3.53. The summed E-state index contributed by atoms with van der Waals surface area (Å²) in [7, 11) is 0. The molecule has 1 fully saturated rings. The molecule has 4 atom stereocenters. The Hall–Kier alpha value is -2.34. The Morgan fingerprint density at radius 1 is 1.36 bits per heavy atom. The third kappa shape index (κ3) is 1.99. The van der Waals surface area contributed by atoms with Gasteiger partial charge in [-0.25, -0.2) is 14.6 Å². The maximum absolute atomic E-state index is 10.1. The first-order chi connectivity index (χ1) is 10.5. The lowest BCUT2D eigenvalue weighted by Crippen LogP contribution is -2.33. The van der Waals surface area contributed by atoms with Crippen LogP contribution >= 0.6 is 0 Å². The molecular formula is C11H15N7O4. The summed E-state index contributed by atoms with van der Waals surface area (Å²) in [4.78, 5) is 7.85. The standard InChI is InChI=1S/C11H15N7O4/c12-8(13)5-4-9(14)15-2-16-10(4)18(17-5)11-7(21)6(20)3(1-19)22-11/h2-3,6-7,11,19-21H,1H2,(H3,12,13)(H2,14,15,16)/t3-,6-,7-,11?/m1/s1. The molecule has 118 valence electrons. The summed E-state index contributed by atoms with van der Waals surface area (Å²) in [6.45, 7) is -0.468. The first-order valence-electron chi connectivity index (χ1n) is 6.41. The second-order valence-electron chi connectivity index (χ2n) is 4.89. The summed E-state index contributed by atoms with van der Waals surface area (Å²) in [5, 5.41) is 41.0. The maximum atomic E-state index is 10.1. The van der Waals surface area contributed by atoms with Gasteiger partial charge in [-0.2, -0.15) is 5.10 Å². The van der Waals surface area contributed by atoms with Gasteiger partial charge in [0, 0.05) is 0 Å². The molecule has 0 spiro atoms. The molecule has 2 aromatic heterocycles. The Morgan fingerprint density at radius 2 is 2.09 bits per heavy atom. The van der Waals surface area contributed by atoms with E-state index in [0.29, 0.717) is 0 Å².